The smallest absolute Gasteiger partial charge is 0.338 e. The zero-order valence-corrected chi connectivity index (χ0v) is 21.1. The van der Waals surface area contributed by atoms with Gasteiger partial charge in [-0.05, 0) is 87.5 Å². The first-order valence-corrected chi connectivity index (χ1v) is 13.2. The van der Waals surface area contributed by atoms with Crippen LogP contribution < -0.4 is 4.74 Å². The van der Waals surface area contributed by atoms with Crippen molar-refractivity contribution in [3.8, 4) is 5.75 Å². The van der Waals surface area contributed by atoms with Gasteiger partial charge in [0.2, 0.25) is 6.79 Å². The van der Waals surface area contributed by atoms with Gasteiger partial charge >= 0.3 is 11.9 Å². The maximum Gasteiger partial charge on any atom is 0.338 e. The Bertz CT molecular complexity index is 783. The topological polar surface area (TPSA) is 61.8 Å². The van der Waals surface area contributed by atoms with Crippen molar-refractivity contribution in [2.75, 3.05) is 6.79 Å². The van der Waals surface area contributed by atoms with E-state index in [2.05, 4.69) is 13.5 Å². The summed E-state index contributed by atoms with van der Waals surface area (Å²) < 4.78 is 16.1. The van der Waals surface area contributed by atoms with Crippen LogP contribution in [0.4, 0.5) is 0 Å². The number of hydrogen-bond acceptors (Lipinski definition) is 5. The van der Waals surface area contributed by atoms with Crippen LogP contribution in [0.1, 0.15) is 101 Å². The summed E-state index contributed by atoms with van der Waals surface area (Å²) in [5.74, 6) is 2.39. The summed E-state index contributed by atoms with van der Waals surface area (Å²) in [5.41, 5.74) is 0.829. The molecule has 0 spiro atoms. The zero-order chi connectivity index (χ0) is 24.3. The molecule has 1 aromatic carbocycles. The second kappa shape index (κ2) is 13.6. The highest BCUT2D eigenvalue weighted by Crippen LogP contribution is 2.41. The van der Waals surface area contributed by atoms with E-state index in [1.807, 2.05) is 0 Å². The minimum Gasteiger partial charge on any atom is -0.459 e. The summed E-state index contributed by atoms with van der Waals surface area (Å²) >= 11 is 0. The molecule has 34 heavy (non-hydrogen) atoms. The van der Waals surface area contributed by atoms with E-state index in [0.717, 1.165) is 30.6 Å². The minimum atomic E-state index is -0.495. The third-order valence-electron chi connectivity index (χ3n) is 7.62. The van der Waals surface area contributed by atoms with Crippen LogP contribution in [0.5, 0.6) is 5.75 Å². The van der Waals surface area contributed by atoms with Gasteiger partial charge in [-0.3, -0.25) is 0 Å². The predicted molar refractivity (Wildman–Crippen MR) is 134 cm³/mol. The molecule has 2 aliphatic carbocycles. The van der Waals surface area contributed by atoms with Crippen molar-refractivity contribution in [3.63, 3.8) is 0 Å². The third-order valence-corrected chi connectivity index (χ3v) is 7.62. The second-order valence-corrected chi connectivity index (χ2v) is 10.2. The van der Waals surface area contributed by atoms with Crippen molar-refractivity contribution in [3.05, 3.63) is 42.0 Å². The van der Waals surface area contributed by atoms with Crippen molar-refractivity contribution < 1.29 is 23.8 Å². The SMILES string of the molecule is C=C(C)C(=O)OCOc1ccc(C(=O)OC2CCC(C3CCC(CCCCC)CC3)CC2)cc1. The van der Waals surface area contributed by atoms with Crippen LogP contribution in [0.15, 0.2) is 36.4 Å². The molecule has 0 aromatic heterocycles. The van der Waals surface area contributed by atoms with Gasteiger partial charge in [-0.2, -0.15) is 0 Å². The number of benzene rings is 1. The molecule has 0 aliphatic heterocycles. The lowest BCUT2D eigenvalue weighted by Crippen LogP contribution is -2.29. The Morgan fingerprint density at radius 1 is 0.912 bits per heavy atom. The molecule has 2 aliphatic rings. The normalized spacial score (nSPS) is 24.8. The first kappa shape index (κ1) is 26.3. The highest BCUT2D eigenvalue weighted by molar-refractivity contribution is 5.89. The van der Waals surface area contributed by atoms with E-state index < -0.39 is 5.97 Å². The fourth-order valence-electron chi connectivity index (χ4n) is 5.49. The number of rotatable bonds is 11. The van der Waals surface area contributed by atoms with Crippen LogP contribution in [-0.2, 0) is 14.3 Å². The van der Waals surface area contributed by atoms with Crippen LogP contribution in [0, 0.1) is 17.8 Å². The molecule has 0 saturated heterocycles. The zero-order valence-electron chi connectivity index (χ0n) is 21.1. The molecule has 0 radical (unpaired) electrons. The average Bonchev–Trinajstić information content (AvgIpc) is 2.85. The number of carbonyl (C=O) groups excluding carboxylic acids is 2. The Kier molecular flexibility index (Phi) is 10.5. The first-order valence-electron chi connectivity index (χ1n) is 13.2. The second-order valence-electron chi connectivity index (χ2n) is 10.2. The highest BCUT2D eigenvalue weighted by atomic mass is 16.7. The predicted octanol–water partition coefficient (Wildman–Crippen LogP) is 7.24. The van der Waals surface area contributed by atoms with E-state index in [1.165, 1.54) is 64.2 Å². The fraction of sp³-hybridized carbons (Fsp3) is 0.655. The standard InChI is InChI=1S/C29H42O5/c1-4-5-6-7-22-8-10-23(11-9-22)24-12-18-27(19-13-24)34-29(31)25-14-16-26(17-15-25)32-20-33-28(30)21(2)3/h14-17,22-24,27H,2,4-13,18-20H2,1,3H3. The van der Waals surface area contributed by atoms with E-state index in [0.29, 0.717) is 16.9 Å². The number of esters is 2. The van der Waals surface area contributed by atoms with Crippen molar-refractivity contribution in [1.29, 1.82) is 0 Å². The van der Waals surface area contributed by atoms with E-state index in [4.69, 9.17) is 14.2 Å². The van der Waals surface area contributed by atoms with Crippen LogP contribution >= 0.6 is 0 Å². The molecular weight excluding hydrogens is 428 g/mol. The molecule has 0 heterocycles. The summed E-state index contributed by atoms with van der Waals surface area (Å²) in [6.07, 6.45) is 15.5. The lowest BCUT2D eigenvalue weighted by molar-refractivity contribution is -0.145. The molecule has 1 aromatic rings. The quantitative estimate of drug-likeness (QED) is 0.148. The third kappa shape index (κ3) is 8.18. The summed E-state index contributed by atoms with van der Waals surface area (Å²) in [6.45, 7) is 7.19. The molecule has 5 nitrogen and oxygen atoms in total. The molecule has 3 rings (SSSR count). The van der Waals surface area contributed by atoms with Gasteiger partial charge in [-0.1, -0.05) is 52.0 Å². The Labute approximate surface area is 205 Å². The maximum absolute atomic E-state index is 12.6. The van der Waals surface area contributed by atoms with Gasteiger partial charge in [-0.15, -0.1) is 0 Å². The summed E-state index contributed by atoms with van der Waals surface area (Å²) in [5, 5.41) is 0. The molecule has 0 N–H and O–H groups in total. The molecular formula is C29H42O5. The van der Waals surface area contributed by atoms with E-state index in [1.54, 1.807) is 31.2 Å². The van der Waals surface area contributed by atoms with Crippen molar-refractivity contribution >= 4 is 11.9 Å². The lowest BCUT2D eigenvalue weighted by Gasteiger charge is -2.37. The van der Waals surface area contributed by atoms with Gasteiger partial charge in [0, 0.05) is 5.57 Å². The van der Waals surface area contributed by atoms with E-state index >= 15 is 0 Å². The Hall–Kier alpha value is -2.30. The van der Waals surface area contributed by atoms with E-state index in [-0.39, 0.29) is 18.9 Å². The van der Waals surface area contributed by atoms with E-state index in [9.17, 15) is 9.59 Å². The summed E-state index contributed by atoms with van der Waals surface area (Å²) in [6, 6.07) is 6.73. The van der Waals surface area contributed by atoms with Gasteiger partial charge in [0.15, 0.2) is 0 Å². The van der Waals surface area contributed by atoms with Crippen LogP contribution in [0.25, 0.3) is 0 Å². The van der Waals surface area contributed by atoms with Crippen LogP contribution in [0.2, 0.25) is 0 Å². The number of unbranched alkanes of at least 4 members (excludes halogenated alkanes) is 2. The fourth-order valence-corrected chi connectivity index (χ4v) is 5.49. The molecule has 0 atom stereocenters. The van der Waals surface area contributed by atoms with Gasteiger partial charge in [-0.25, -0.2) is 9.59 Å². The number of ether oxygens (including phenoxy) is 3. The van der Waals surface area contributed by atoms with Gasteiger partial charge in [0.25, 0.3) is 0 Å². The van der Waals surface area contributed by atoms with Crippen LogP contribution in [0.3, 0.4) is 0 Å². The molecule has 0 amide bonds. The van der Waals surface area contributed by atoms with Crippen molar-refractivity contribution in [1.82, 2.24) is 0 Å². The Morgan fingerprint density at radius 3 is 2.12 bits per heavy atom. The van der Waals surface area contributed by atoms with Gasteiger partial charge in [0.05, 0.1) is 5.56 Å². The minimum absolute atomic E-state index is 0.0200. The Balaban J connectivity index is 1.34. The molecule has 188 valence electrons. The maximum atomic E-state index is 12.6. The van der Waals surface area contributed by atoms with Gasteiger partial charge < -0.3 is 14.2 Å². The van der Waals surface area contributed by atoms with Crippen molar-refractivity contribution in [2.45, 2.75) is 97.0 Å². The van der Waals surface area contributed by atoms with Gasteiger partial charge in [0.1, 0.15) is 11.9 Å². The Morgan fingerprint density at radius 2 is 1.53 bits per heavy atom. The molecule has 0 bridgehead atoms. The van der Waals surface area contributed by atoms with Crippen LogP contribution in [-0.4, -0.2) is 24.8 Å². The highest BCUT2D eigenvalue weighted by Gasteiger charge is 2.32. The summed E-state index contributed by atoms with van der Waals surface area (Å²) in [4.78, 5) is 24.0. The first-order chi connectivity index (χ1) is 16.5. The molecule has 2 saturated carbocycles. The number of hydrogen-bond donors (Lipinski definition) is 0. The average molecular weight is 471 g/mol. The largest absolute Gasteiger partial charge is 0.459 e. The molecule has 5 heteroatoms. The van der Waals surface area contributed by atoms with Crippen molar-refractivity contribution in [2.24, 2.45) is 17.8 Å². The monoisotopic (exact) mass is 470 g/mol. The number of carbonyl (C=O) groups is 2. The summed E-state index contributed by atoms with van der Waals surface area (Å²) in [7, 11) is 0. The molecule has 2 fully saturated rings. The molecule has 0 unspecified atom stereocenters. The lowest BCUT2D eigenvalue weighted by atomic mass is 9.70.